The molecule has 6 aromatic carbocycles. The van der Waals surface area contributed by atoms with E-state index in [4.69, 9.17) is 19.7 Å². The molecule has 1 aliphatic heterocycles. The third-order valence-electron chi connectivity index (χ3n) is 10.7. The van der Waals surface area contributed by atoms with Crippen LogP contribution in [0, 0.1) is 5.82 Å². The van der Waals surface area contributed by atoms with Gasteiger partial charge in [-0.15, -0.1) is 0 Å². The highest BCUT2D eigenvalue weighted by molar-refractivity contribution is 6.08. The molecule has 50 heavy (non-hydrogen) atoms. The minimum absolute atomic E-state index is 0.183. The first-order valence-corrected chi connectivity index (χ1v) is 17.3. The van der Waals surface area contributed by atoms with Crippen molar-refractivity contribution in [3.8, 4) is 39.7 Å². The summed E-state index contributed by atoms with van der Waals surface area (Å²) < 4.78 is 22.0. The maximum atomic E-state index is 14.5. The number of halogens is 1. The van der Waals surface area contributed by atoms with Gasteiger partial charge in [0.2, 0.25) is 5.60 Å². The first-order chi connectivity index (χ1) is 24.6. The lowest BCUT2D eigenvalue weighted by atomic mass is 9.71. The van der Waals surface area contributed by atoms with E-state index in [-0.39, 0.29) is 11.2 Å². The first kappa shape index (κ1) is 30.1. The maximum absolute atomic E-state index is 14.5. The molecule has 1 atom stereocenters. The van der Waals surface area contributed by atoms with E-state index in [0.717, 1.165) is 51.6 Å². The van der Waals surface area contributed by atoms with E-state index in [0.29, 0.717) is 17.5 Å². The lowest BCUT2D eigenvalue weighted by molar-refractivity contribution is 0.152. The Morgan fingerprint density at radius 3 is 1.84 bits per heavy atom. The summed E-state index contributed by atoms with van der Waals surface area (Å²) in [6, 6.07) is 43.7. The van der Waals surface area contributed by atoms with Crippen molar-refractivity contribution in [2.75, 3.05) is 0 Å². The van der Waals surface area contributed by atoms with E-state index in [2.05, 4.69) is 74.5 Å². The van der Waals surface area contributed by atoms with E-state index in [1.165, 1.54) is 34.4 Å². The quantitative estimate of drug-likeness (QED) is 0.180. The standard InChI is InChI=1S/C45H34FN3O/c1-3-44(4-2)37-22-14-13-21-35(37)38-33-19-11-12-20-34(33)40-36(39(38)44)27-28-45(50-40,31-23-25-32(46)26-24-31)43-48-41(29-15-7-5-8-16-29)47-42(49-43)30-17-9-6-10-18-30/h5-28H,3-4H2,1-2H3. The van der Waals surface area contributed by atoms with Gasteiger partial charge in [-0.3, -0.25) is 0 Å². The molecule has 242 valence electrons. The van der Waals surface area contributed by atoms with Gasteiger partial charge in [0, 0.05) is 33.1 Å². The van der Waals surface area contributed by atoms with Crippen LogP contribution in [0.25, 0.3) is 50.8 Å². The number of fused-ring (bicyclic) bond motifs is 8. The second-order valence-electron chi connectivity index (χ2n) is 13.1. The summed E-state index contributed by atoms with van der Waals surface area (Å²) in [4.78, 5) is 15.3. The van der Waals surface area contributed by atoms with Crippen molar-refractivity contribution in [1.82, 2.24) is 15.0 Å². The third kappa shape index (κ3) is 4.39. The fourth-order valence-corrected chi connectivity index (χ4v) is 8.18. The predicted octanol–water partition coefficient (Wildman–Crippen LogP) is 10.9. The number of hydrogen-bond acceptors (Lipinski definition) is 4. The van der Waals surface area contributed by atoms with Crippen molar-refractivity contribution in [2.24, 2.45) is 0 Å². The molecule has 0 bridgehead atoms. The van der Waals surface area contributed by atoms with Gasteiger partial charge in [-0.1, -0.05) is 141 Å². The van der Waals surface area contributed by atoms with E-state index < -0.39 is 5.60 Å². The zero-order valence-corrected chi connectivity index (χ0v) is 27.9. The monoisotopic (exact) mass is 651 g/mol. The summed E-state index contributed by atoms with van der Waals surface area (Å²) in [5, 5.41) is 2.15. The van der Waals surface area contributed by atoms with Crippen molar-refractivity contribution < 1.29 is 9.13 Å². The molecule has 1 aliphatic carbocycles. The van der Waals surface area contributed by atoms with Crippen LogP contribution in [0.4, 0.5) is 4.39 Å². The molecule has 0 saturated heterocycles. The molecule has 1 unspecified atom stereocenters. The molecule has 0 saturated carbocycles. The Balaban J connectivity index is 1.36. The van der Waals surface area contributed by atoms with Crippen LogP contribution in [0.5, 0.6) is 5.75 Å². The summed E-state index contributed by atoms with van der Waals surface area (Å²) in [6.07, 6.45) is 6.16. The second-order valence-corrected chi connectivity index (χ2v) is 13.1. The molecule has 0 N–H and O–H groups in total. The molecule has 1 aromatic heterocycles. The summed E-state index contributed by atoms with van der Waals surface area (Å²) in [5.41, 5.74) is 7.25. The molecule has 0 fully saturated rings. The normalized spacial score (nSPS) is 16.8. The number of nitrogens with zero attached hydrogens (tertiary/aromatic N) is 3. The fraction of sp³-hybridized carbons (Fsp3) is 0.133. The lowest BCUT2D eigenvalue weighted by Gasteiger charge is -2.38. The molecule has 7 aromatic rings. The van der Waals surface area contributed by atoms with Crippen LogP contribution in [0.15, 0.2) is 140 Å². The highest BCUT2D eigenvalue weighted by atomic mass is 19.1. The number of hydrogen-bond donors (Lipinski definition) is 0. The molecule has 4 nitrogen and oxygen atoms in total. The Kier molecular flexibility index (Phi) is 6.99. The van der Waals surface area contributed by atoms with E-state index >= 15 is 0 Å². The van der Waals surface area contributed by atoms with Crippen LogP contribution in [0.1, 0.15) is 54.8 Å². The van der Waals surface area contributed by atoms with E-state index in [1.54, 1.807) is 12.1 Å². The van der Waals surface area contributed by atoms with Crippen molar-refractivity contribution >= 4 is 16.8 Å². The minimum atomic E-state index is -1.29. The lowest BCUT2D eigenvalue weighted by Crippen LogP contribution is -2.37. The van der Waals surface area contributed by atoms with Gasteiger partial charge in [0.1, 0.15) is 11.6 Å². The van der Waals surface area contributed by atoms with Gasteiger partial charge >= 0.3 is 0 Å². The van der Waals surface area contributed by atoms with Crippen molar-refractivity contribution in [1.29, 1.82) is 0 Å². The SMILES string of the molecule is CCC1(CC)c2ccccc2-c2c1c1c(c3ccccc23)OC(c2ccc(F)cc2)(c2nc(-c3ccccc3)nc(-c3ccccc3)n2)C=C1. The number of ether oxygens (including phenoxy) is 1. The summed E-state index contributed by atoms with van der Waals surface area (Å²) in [7, 11) is 0. The number of aromatic nitrogens is 3. The summed E-state index contributed by atoms with van der Waals surface area (Å²) >= 11 is 0. The Morgan fingerprint density at radius 1 is 0.620 bits per heavy atom. The van der Waals surface area contributed by atoms with Gasteiger partial charge in [0.05, 0.1) is 0 Å². The van der Waals surface area contributed by atoms with Crippen molar-refractivity contribution in [3.05, 3.63) is 173 Å². The van der Waals surface area contributed by atoms with Gasteiger partial charge in [-0.2, -0.15) is 0 Å². The van der Waals surface area contributed by atoms with Gasteiger partial charge in [0.25, 0.3) is 0 Å². The van der Waals surface area contributed by atoms with Crippen LogP contribution in [-0.2, 0) is 11.0 Å². The van der Waals surface area contributed by atoms with Gasteiger partial charge in [-0.25, -0.2) is 19.3 Å². The van der Waals surface area contributed by atoms with Crippen LogP contribution >= 0.6 is 0 Å². The maximum Gasteiger partial charge on any atom is 0.212 e. The molecule has 0 spiro atoms. The average Bonchev–Trinajstić information content (AvgIpc) is 3.49. The molecule has 9 rings (SSSR count). The number of rotatable bonds is 6. The van der Waals surface area contributed by atoms with Gasteiger partial charge in [-0.05, 0) is 58.7 Å². The summed E-state index contributed by atoms with van der Waals surface area (Å²) in [6.45, 7) is 4.57. The summed E-state index contributed by atoms with van der Waals surface area (Å²) in [5.74, 6) is 1.93. The predicted molar refractivity (Wildman–Crippen MR) is 198 cm³/mol. The number of benzene rings is 6. The Hall–Kier alpha value is -5.94. The second kappa shape index (κ2) is 11.6. The van der Waals surface area contributed by atoms with Crippen molar-refractivity contribution in [2.45, 2.75) is 37.7 Å². The van der Waals surface area contributed by atoms with Crippen LogP contribution in [0.2, 0.25) is 0 Å². The van der Waals surface area contributed by atoms with Gasteiger partial charge < -0.3 is 4.74 Å². The molecule has 0 radical (unpaired) electrons. The molecule has 2 heterocycles. The largest absolute Gasteiger partial charge is 0.469 e. The van der Waals surface area contributed by atoms with Crippen LogP contribution in [-0.4, -0.2) is 15.0 Å². The highest BCUT2D eigenvalue weighted by Gasteiger charge is 2.47. The Morgan fingerprint density at radius 2 is 1.20 bits per heavy atom. The first-order valence-electron chi connectivity index (χ1n) is 17.3. The average molecular weight is 652 g/mol. The highest BCUT2D eigenvalue weighted by Crippen LogP contribution is 2.60. The topological polar surface area (TPSA) is 47.9 Å². The smallest absolute Gasteiger partial charge is 0.212 e. The minimum Gasteiger partial charge on any atom is -0.469 e. The Bertz CT molecular complexity index is 2380. The fourth-order valence-electron chi connectivity index (χ4n) is 8.18. The zero-order chi connectivity index (χ0) is 33.9. The molecular formula is C45H34FN3O. The van der Waals surface area contributed by atoms with E-state index in [9.17, 15) is 4.39 Å². The van der Waals surface area contributed by atoms with E-state index in [1.807, 2.05) is 60.7 Å². The molecular weight excluding hydrogens is 618 g/mol. The van der Waals surface area contributed by atoms with Crippen LogP contribution in [0.3, 0.4) is 0 Å². The Labute approximate surface area is 291 Å². The molecule has 5 heteroatoms. The van der Waals surface area contributed by atoms with Crippen molar-refractivity contribution in [3.63, 3.8) is 0 Å². The van der Waals surface area contributed by atoms with Crippen LogP contribution < -0.4 is 4.74 Å². The van der Waals surface area contributed by atoms with Gasteiger partial charge in [0.15, 0.2) is 17.5 Å². The molecule has 0 amide bonds. The molecule has 2 aliphatic rings. The zero-order valence-electron chi connectivity index (χ0n) is 27.9. The third-order valence-corrected chi connectivity index (χ3v) is 10.7.